The minimum atomic E-state index is -1.35. The summed E-state index contributed by atoms with van der Waals surface area (Å²) in [5, 5.41) is 27.0. The zero-order valence-corrected chi connectivity index (χ0v) is 22.6. The van der Waals surface area contributed by atoms with E-state index in [0.717, 1.165) is 6.07 Å². The van der Waals surface area contributed by atoms with E-state index in [1.165, 1.54) is 29.2 Å². The summed E-state index contributed by atoms with van der Waals surface area (Å²) in [5.41, 5.74) is 0.261. The molecule has 4 N–H and O–H groups in total. The van der Waals surface area contributed by atoms with Crippen LogP contribution in [0.4, 0.5) is 18.9 Å². The first-order valence-corrected chi connectivity index (χ1v) is 13.4. The van der Waals surface area contributed by atoms with Gasteiger partial charge in [-0.1, -0.05) is 29.8 Å². The van der Waals surface area contributed by atoms with Crippen molar-refractivity contribution in [2.45, 2.75) is 36.6 Å². The zero-order valence-electron chi connectivity index (χ0n) is 21.8. The van der Waals surface area contributed by atoms with Crippen LogP contribution in [0.3, 0.4) is 0 Å². The first-order chi connectivity index (χ1) is 20.1. The maximum atomic E-state index is 14.7. The van der Waals surface area contributed by atoms with Gasteiger partial charge in [0.1, 0.15) is 41.5 Å². The fourth-order valence-corrected chi connectivity index (χ4v) is 6.14. The molecule has 0 saturated carbocycles. The number of nitriles is 1. The highest BCUT2D eigenvalue weighted by atomic mass is 35.5. The van der Waals surface area contributed by atoms with Crippen LogP contribution >= 0.6 is 11.6 Å². The molecule has 0 aliphatic carbocycles. The van der Waals surface area contributed by atoms with E-state index in [-0.39, 0.29) is 41.5 Å². The van der Waals surface area contributed by atoms with Gasteiger partial charge in [0.05, 0.1) is 17.0 Å². The van der Waals surface area contributed by atoms with E-state index >= 15 is 0 Å². The summed E-state index contributed by atoms with van der Waals surface area (Å²) in [6.45, 7) is -0.0773. The monoisotopic (exact) mass is 593 g/mol. The van der Waals surface area contributed by atoms with E-state index in [9.17, 15) is 33.1 Å². The number of anilines is 1. The predicted molar refractivity (Wildman–Crippen MR) is 148 cm³/mol. The third kappa shape index (κ3) is 4.62. The highest BCUT2D eigenvalue weighted by Crippen LogP contribution is 2.49. The topological polar surface area (TPSA) is 121 Å². The lowest BCUT2D eigenvalue weighted by Crippen LogP contribution is -2.52. The van der Waals surface area contributed by atoms with Crippen LogP contribution in [0.5, 0.6) is 0 Å². The molecule has 2 amide bonds. The van der Waals surface area contributed by atoms with Gasteiger partial charge in [0.15, 0.2) is 0 Å². The number of carbonyl (C=O) groups is 2. The summed E-state index contributed by atoms with van der Waals surface area (Å²) < 4.78 is 42.7. The van der Waals surface area contributed by atoms with E-state index in [2.05, 4.69) is 21.7 Å². The smallest absolute Gasteiger partial charge is 0.268 e. The third-order valence-electron chi connectivity index (χ3n) is 8.03. The van der Waals surface area contributed by atoms with Crippen molar-refractivity contribution in [2.75, 3.05) is 11.9 Å². The van der Waals surface area contributed by atoms with Gasteiger partial charge in [-0.25, -0.2) is 13.2 Å². The van der Waals surface area contributed by atoms with Gasteiger partial charge in [0, 0.05) is 35.1 Å². The Morgan fingerprint density at radius 3 is 2.69 bits per heavy atom. The number of halogens is 4. The molecular weight excluding hydrogens is 571 g/mol. The van der Waals surface area contributed by atoms with Crippen LogP contribution in [-0.2, 0) is 16.6 Å². The Kier molecular flexibility index (Phi) is 6.83. The largest absolute Gasteiger partial charge is 0.373 e. The van der Waals surface area contributed by atoms with Gasteiger partial charge >= 0.3 is 0 Å². The van der Waals surface area contributed by atoms with Crippen LogP contribution < -0.4 is 10.6 Å². The Labute approximate surface area is 242 Å². The average molecular weight is 594 g/mol. The Morgan fingerprint density at radius 2 is 1.93 bits per heavy atom. The summed E-state index contributed by atoms with van der Waals surface area (Å²) in [6.07, 6.45) is -1.30. The molecule has 3 aromatic carbocycles. The molecule has 1 unspecified atom stereocenters. The molecule has 214 valence electrons. The van der Waals surface area contributed by atoms with Crippen molar-refractivity contribution in [3.05, 3.63) is 100.0 Å². The molecular formula is C30H23ClF3N5O3. The van der Waals surface area contributed by atoms with Crippen LogP contribution in [0, 0.1) is 28.8 Å². The maximum Gasteiger partial charge on any atom is 0.268 e. The molecule has 1 saturated heterocycles. The van der Waals surface area contributed by atoms with Gasteiger partial charge < -0.3 is 25.6 Å². The van der Waals surface area contributed by atoms with Crippen LogP contribution in [0.1, 0.15) is 28.0 Å². The second-order valence-corrected chi connectivity index (χ2v) is 11.0. The number of likely N-dealkylation sites (tertiary alicyclic amines) is 1. The number of fused-ring (bicyclic) bond motifs is 3. The number of nitrogens with one attached hydrogen (secondary N) is 3. The number of aliphatic hydroxyl groups is 1. The minimum absolute atomic E-state index is 0.0235. The van der Waals surface area contributed by atoms with Crippen molar-refractivity contribution in [2.24, 2.45) is 0 Å². The van der Waals surface area contributed by atoms with Crippen molar-refractivity contribution in [3.8, 4) is 6.07 Å². The molecule has 8 nitrogen and oxygen atoms in total. The standard InChI is InChI=1S/C30H23ClF3N5O3/c31-16-5-6-23-20(8-16)30(29(42)38-23)12-18(13-35)39(14-30)28(41)26(7-15-3-1-2-4-21(15)33)37-27(40)25-11-19-22(34)9-17(32)10-24(19)36-25/h1-6,8-11,18,26,29,36,38,42H,7,12,14H2,(H,37,40)/t18-,26-,29?,30-/m0/s1. The van der Waals surface area contributed by atoms with Crippen LogP contribution in [0.2, 0.25) is 5.02 Å². The van der Waals surface area contributed by atoms with Crippen molar-refractivity contribution < 1.29 is 27.9 Å². The number of hydrogen-bond acceptors (Lipinski definition) is 5. The Bertz CT molecular complexity index is 1790. The summed E-state index contributed by atoms with van der Waals surface area (Å²) in [6, 6.07) is 13.5. The van der Waals surface area contributed by atoms with Gasteiger partial charge in [0.2, 0.25) is 5.91 Å². The van der Waals surface area contributed by atoms with Gasteiger partial charge in [-0.2, -0.15) is 5.26 Å². The number of nitrogens with zero attached hydrogens (tertiary/aromatic N) is 2. The number of aromatic amines is 1. The molecule has 42 heavy (non-hydrogen) atoms. The maximum absolute atomic E-state index is 14.7. The highest BCUT2D eigenvalue weighted by molar-refractivity contribution is 6.30. The Hall–Kier alpha value is -4.53. The molecule has 1 fully saturated rings. The van der Waals surface area contributed by atoms with E-state index in [1.54, 1.807) is 24.3 Å². The van der Waals surface area contributed by atoms with Crippen molar-refractivity contribution in [1.82, 2.24) is 15.2 Å². The number of carbonyl (C=O) groups excluding carboxylic acids is 2. The number of H-pyrrole nitrogens is 1. The second-order valence-electron chi connectivity index (χ2n) is 10.6. The number of aliphatic hydroxyl groups excluding tert-OH is 1. The quantitative estimate of drug-likeness (QED) is 0.274. The number of aromatic nitrogens is 1. The lowest BCUT2D eigenvalue weighted by atomic mass is 9.79. The molecule has 3 heterocycles. The SMILES string of the molecule is N#C[C@@H]1C[C@]2(CN1C(=O)[C@H](Cc1ccccc1F)NC(=O)c1cc3c(F)cc(F)cc3[nH]1)c1cc(Cl)ccc1NC2O. The van der Waals surface area contributed by atoms with Crippen molar-refractivity contribution >= 4 is 40.0 Å². The molecule has 12 heteroatoms. The minimum Gasteiger partial charge on any atom is -0.373 e. The second kappa shape index (κ2) is 10.4. The Balaban J connectivity index is 1.34. The number of hydrogen-bond donors (Lipinski definition) is 4. The molecule has 4 atom stereocenters. The van der Waals surface area contributed by atoms with Crippen LogP contribution in [0.25, 0.3) is 10.9 Å². The molecule has 1 aromatic heterocycles. The molecule has 4 aromatic rings. The zero-order chi connectivity index (χ0) is 29.8. The summed E-state index contributed by atoms with van der Waals surface area (Å²) in [5.74, 6) is -3.80. The molecule has 2 aliphatic heterocycles. The van der Waals surface area contributed by atoms with Crippen LogP contribution in [0.15, 0.2) is 60.7 Å². The molecule has 2 aliphatic rings. The van der Waals surface area contributed by atoms with Gasteiger partial charge in [-0.05, 0) is 53.9 Å². The van der Waals surface area contributed by atoms with Crippen molar-refractivity contribution in [3.63, 3.8) is 0 Å². The van der Waals surface area contributed by atoms with E-state index in [4.69, 9.17) is 11.6 Å². The number of rotatable bonds is 5. The van der Waals surface area contributed by atoms with Gasteiger partial charge in [-0.15, -0.1) is 0 Å². The molecule has 6 rings (SSSR count). The van der Waals surface area contributed by atoms with Crippen molar-refractivity contribution in [1.29, 1.82) is 5.26 Å². The summed E-state index contributed by atoms with van der Waals surface area (Å²) in [4.78, 5) is 31.3. The van der Waals surface area contributed by atoms with E-state index in [1.807, 2.05) is 0 Å². The summed E-state index contributed by atoms with van der Waals surface area (Å²) >= 11 is 6.24. The number of amides is 2. The van der Waals surface area contributed by atoms with E-state index in [0.29, 0.717) is 22.3 Å². The highest BCUT2D eigenvalue weighted by Gasteiger charge is 2.56. The first kappa shape index (κ1) is 27.6. The molecule has 0 radical (unpaired) electrons. The van der Waals surface area contributed by atoms with Gasteiger partial charge in [-0.3, -0.25) is 9.59 Å². The molecule has 0 bridgehead atoms. The Morgan fingerprint density at radius 1 is 1.14 bits per heavy atom. The fraction of sp³-hybridized carbons (Fsp3) is 0.233. The molecule has 1 spiro atoms. The normalized spacial score (nSPS) is 21.7. The first-order valence-electron chi connectivity index (χ1n) is 13.1. The van der Waals surface area contributed by atoms with Gasteiger partial charge in [0.25, 0.3) is 5.91 Å². The fourth-order valence-electron chi connectivity index (χ4n) is 5.96. The lowest BCUT2D eigenvalue weighted by molar-refractivity contribution is -0.133. The predicted octanol–water partition coefficient (Wildman–Crippen LogP) is 4.39. The lowest BCUT2D eigenvalue weighted by Gasteiger charge is -2.30. The third-order valence-corrected chi connectivity index (χ3v) is 8.27. The number of benzene rings is 3. The van der Waals surface area contributed by atoms with Crippen LogP contribution in [-0.4, -0.2) is 51.7 Å². The summed E-state index contributed by atoms with van der Waals surface area (Å²) in [7, 11) is 0. The van der Waals surface area contributed by atoms with E-state index < -0.39 is 53.0 Å². The average Bonchev–Trinajstić information content (AvgIpc) is 3.64.